The molecule has 0 saturated carbocycles. The summed E-state index contributed by atoms with van der Waals surface area (Å²) in [4.78, 5) is 14.5. The Morgan fingerprint density at radius 2 is 1.95 bits per heavy atom. The van der Waals surface area contributed by atoms with Crippen LogP contribution in [-0.2, 0) is 0 Å². The largest absolute Gasteiger partial charge is 0.338 e. The van der Waals surface area contributed by atoms with E-state index in [0.29, 0.717) is 16.5 Å². The van der Waals surface area contributed by atoms with Gasteiger partial charge >= 0.3 is 0 Å². The van der Waals surface area contributed by atoms with Gasteiger partial charge in [-0.2, -0.15) is 0 Å². The van der Waals surface area contributed by atoms with Gasteiger partial charge in [0, 0.05) is 29.0 Å². The van der Waals surface area contributed by atoms with Crippen LogP contribution in [0.5, 0.6) is 0 Å². The third kappa shape index (κ3) is 3.14. The molecular formula is C17H15BrClNO. The molecule has 0 radical (unpaired) electrons. The van der Waals surface area contributed by atoms with Gasteiger partial charge in [-0.3, -0.25) is 4.79 Å². The smallest absolute Gasteiger partial charge is 0.253 e. The average Bonchev–Trinajstić information content (AvgIpc) is 3.00. The highest BCUT2D eigenvalue weighted by Gasteiger charge is 2.27. The second kappa shape index (κ2) is 6.20. The zero-order valence-electron chi connectivity index (χ0n) is 11.4. The third-order valence-corrected chi connectivity index (χ3v) is 5.15. The molecule has 0 spiro atoms. The van der Waals surface area contributed by atoms with E-state index in [-0.39, 0.29) is 5.91 Å². The normalized spacial score (nSPS) is 18.0. The minimum Gasteiger partial charge on any atom is -0.338 e. The molecule has 1 heterocycles. The molecule has 1 saturated heterocycles. The first-order valence-electron chi connectivity index (χ1n) is 6.94. The van der Waals surface area contributed by atoms with Crippen molar-refractivity contribution < 1.29 is 4.79 Å². The summed E-state index contributed by atoms with van der Waals surface area (Å²) in [6, 6.07) is 15.7. The van der Waals surface area contributed by atoms with E-state index in [2.05, 4.69) is 28.1 Å². The number of rotatable bonds is 2. The van der Waals surface area contributed by atoms with E-state index in [0.717, 1.165) is 24.0 Å². The van der Waals surface area contributed by atoms with Gasteiger partial charge in [0.15, 0.2) is 0 Å². The number of amides is 1. The van der Waals surface area contributed by atoms with Crippen molar-refractivity contribution in [2.24, 2.45) is 0 Å². The van der Waals surface area contributed by atoms with Gasteiger partial charge in [-0.25, -0.2) is 0 Å². The Labute approximate surface area is 137 Å². The number of hydrogen-bond acceptors (Lipinski definition) is 1. The van der Waals surface area contributed by atoms with E-state index in [1.165, 1.54) is 5.56 Å². The molecular weight excluding hydrogens is 350 g/mol. The van der Waals surface area contributed by atoms with Crippen LogP contribution in [-0.4, -0.2) is 23.9 Å². The average molecular weight is 365 g/mol. The molecule has 21 heavy (non-hydrogen) atoms. The molecule has 108 valence electrons. The maximum absolute atomic E-state index is 12.5. The summed E-state index contributed by atoms with van der Waals surface area (Å²) in [6.45, 7) is 1.57. The van der Waals surface area contributed by atoms with Crippen molar-refractivity contribution in [3.8, 4) is 0 Å². The van der Waals surface area contributed by atoms with Crippen molar-refractivity contribution in [3.05, 3.63) is 69.2 Å². The van der Waals surface area contributed by atoms with Gasteiger partial charge < -0.3 is 4.90 Å². The molecule has 0 bridgehead atoms. The molecule has 1 aliphatic rings. The fourth-order valence-corrected chi connectivity index (χ4v) is 3.18. The van der Waals surface area contributed by atoms with Crippen molar-refractivity contribution in [2.75, 3.05) is 13.1 Å². The van der Waals surface area contributed by atoms with Crippen LogP contribution in [0.2, 0.25) is 5.02 Å². The van der Waals surface area contributed by atoms with Crippen molar-refractivity contribution in [3.63, 3.8) is 0 Å². The van der Waals surface area contributed by atoms with Gasteiger partial charge in [0.25, 0.3) is 5.91 Å². The lowest BCUT2D eigenvalue weighted by atomic mass is 9.99. The van der Waals surface area contributed by atoms with Crippen molar-refractivity contribution >= 4 is 33.4 Å². The molecule has 3 rings (SSSR count). The minimum atomic E-state index is 0.0582. The Bertz CT molecular complexity index is 659. The van der Waals surface area contributed by atoms with Crippen molar-refractivity contribution in [1.29, 1.82) is 0 Å². The highest BCUT2D eigenvalue weighted by atomic mass is 79.9. The first-order valence-corrected chi connectivity index (χ1v) is 8.11. The first kappa shape index (κ1) is 14.6. The standard InChI is InChI=1S/C17H15BrClNO/c18-15-7-6-13(10-16(15)19)17(21)20-9-8-14(11-20)12-4-2-1-3-5-12/h1-7,10,14H,8-9,11H2. The Morgan fingerprint density at radius 3 is 2.67 bits per heavy atom. The molecule has 1 unspecified atom stereocenters. The first-order chi connectivity index (χ1) is 10.1. The van der Waals surface area contributed by atoms with Crippen molar-refractivity contribution in [1.82, 2.24) is 4.90 Å². The summed E-state index contributed by atoms with van der Waals surface area (Å²) in [5.41, 5.74) is 1.96. The monoisotopic (exact) mass is 363 g/mol. The van der Waals surface area contributed by atoms with Crippen LogP contribution < -0.4 is 0 Å². The van der Waals surface area contributed by atoms with Crippen LogP contribution in [0.3, 0.4) is 0 Å². The van der Waals surface area contributed by atoms with Gasteiger partial charge in [-0.1, -0.05) is 41.9 Å². The summed E-state index contributed by atoms with van der Waals surface area (Å²) in [7, 11) is 0. The van der Waals surface area contributed by atoms with Crippen LogP contribution >= 0.6 is 27.5 Å². The van der Waals surface area contributed by atoms with E-state index in [1.807, 2.05) is 35.2 Å². The second-order valence-corrected chi connectivity index (χ2v) is 6.54. The maximum Gasteiger partial charge on any atom is 0.253 e. The van der Waals surface area contributed by atoms with Gasteiger partial charge in [0.2, 0.25) is 0 Å². The molecule has 1 fully saturated rings. The number of carbonyl (C=O) groups is 1. The molecule has 4 heteroatoms. The zero-order chi connectivity index (χ0) is 14.8. The second-order valence-electron chi connectivity index (χ2n) is 5.28. The van der Waals surface area contributed by atoms with Crippen molar-refractivity contribution in [2.45, 2.75) is 12.3 Å². The quantitative estimate of drug-likeness (QED) is 0.754. The number of halogens is 2. The highest BCUT2D eigenvalue weighted by molar-refractivity contribution is 9.10. The SMILES string of the molecule is O=C(c1ccc(Br)c(Cl)c1)N1CCC(c2ccccc2)C1. The van der Waals surface area contributed by atoms with Crippen LogP contribution in [0.1, 0.15) is 28.3 Å². The van der Waals surface area contributed by atoms with Crippen LogP contribution in [0.25, 0.3) is 0 Å². The minimum absolute atomic E-state index is 0.0582. The summed E-state index contributed by atoms with van der Waals surface area (Å²) in [5, 5.41) is 0.569. The summed E-state index contributed by atoms with van der Waals surface area (Å²) >= 11 is 9.42. The van der Waals surface area contributed by atoms with Gasteiger partial charge in [0.1, 0.15) is 0 Å². The summed E-state index contributed by atoms with van der Waals surface area (Å²) in [6.07, 6.45) is 1.01. The van der Waals surface area contributed by atoms with E-state index in [4.69, 9.17) is 11.6 Å². The fraction of sp³-hybridized carbons (Fsp3) is 0.235. The van der Waals surface area contributed by atoms with Gasteiger partial charge in [0.05, 0.1) is 5.02 Å². The number of nitrogens with zero attached hydrogens (tertiary/aromatic N) is 1. The van der Waals surface area contributed by atoms with Gasteiger partial charge in [-0.05, 0) is 46.1 Å². The zero-order valence-corrected chi connectivity index (χ0v) is 13.8. The highest BCUT2D eigenvalue weighted by Crippen LogP contribution is 2.29. The number of benzene rings is 2. The van der Waals surface area contributed by atoms with Gasteiger partial charge in [-0.15, -0.1) is 0 Å². The van der Waals surface area contributed by atoms with Crippen LogP contribution in [0, 0.1) is 0 Å². The Balaban J connectivity index is 1.74. The fourth-order valence-electron chi connectivity index (χ4n) is 2.75. The van der Waals surface area contributed by atoms with Crippen LogP contribution in [0.15, 0.2) is 53.0 Å². The summed E-state index contributed by atoms with van der Waals surface area (Å²) < 4.78 is 0.810. The number of likely N-dealkylation sites (tertiary alicyclic amines) is 1. The summed E-state index contributed by atoms with van der Waals surface area (Å²) in [5.74, 6) is 0.490. The molecule has 1 aliphatic heterocycles. The molecule has 0 N–H and O–H groups in total. The lowest BCUT2D eigenvalue weighted by Gasteiger charge is -2.17. The predicted octanol–water partition coefficient (Wildman–Crippen LogP) is 4.73. The number of carbonyl (C=O) groups excluding carboxylic acids is 1. The molecule has 2 aromatic carbocycles. The maximum atomic E-state index is 12.5. The lowest BCUT2D eigenvalue weighted by molar-refractivity contribution is 0.0791. The molecule has 1 atom stereocenters. The Hall–Kier alpha value is -1.32. The Kier molecular flexibility index (Phi) is 4.32. The lowest BCUT2D eigenvalue weighted by Crippen LogP contribution is -2.28. The van der Waals surface area contributed by atoms with E-state index in [1.54, 1.807) is 6.07 Å². The molecule has 1 amide bonds. The molecule has 0 aliphatic carbocycles. The van der Waals surface area contributed by atoms with E-state index < -0.39 is 0 Å². The topological polar surface area (TPSA) is 20.3 Å². The van der Waals surface area contributed by atoms with Crippen LogP contribution in [0.4, 0.5) is 0 Å². The molecule has 0 aromatic heterocycles. The molecule has 2 aromatic rings. The predicted molar refractivity (Wildman–Crippen MR) is 88.9 cm³/mol. The van der Waals surface area contributed by atoms with E-state index >= 15 is 0 Å². The molecule has 2 nitrogen and oxygen atoms in total. The number of hydrogen-bond donors (Lipinski definition) is 0. The Morgan fingerprint density at radius 1 is 1.19 bits per heavy atom. The third-order valence-electron chi connectivity index (χ3n) is 3.91. The van der Waals surface area contributed by atoms with E-state index in [9.17, 15) is 4.79 Å².